The summed E-state index contributed by atoms with van der Waals surface area (Å²) in [6, 6.07) is 12.8. The van der Waals surface area contributed by atoms with Crippen LogP contribution in [0.1, 0.15) is 29.8 Å². The van der Waals surface area contributed by atoms with Crippen LogP contribution in [0.15, 0.2) is 59.0 Å². The summed E-state index contributed by atoms with van der Waals surface area (Å²) in [7, 11) is 0. The molecule has 3 rings (SSSR count). The van der Waals surface area contributed by atoms with E-state index < -0.39 is 0 Å². The second-order valence-corrected chi connectivity index (χ2v) is 5.47. The second kappa shape index (κ2) is 6.13. The van der Waals surface area contributed by atoms with Crippen LogP contribution in [0.5, 0.6) is 5.75 Å². The molecular formula is C20H18O3. The third-order valence-corrected chi connectivity index (χ3v) is 3.79. The molecule has 116 valence electrons. The SMILES string of the molecule is C/C=C/C(=O)c1cc(O)cc(-c2cc3cc(CC)ccc3o2)c1. The molecule has 3 heteroatoms. The average Bonchev–Trinajstić information content (AvgIpc) is 2.97. The zero-order chi connectivity index (χ0) is 16.4. The zero-order valence-corrected chi connectivity index (χ0v) is 13.2. The van der Waals surface area contributed by atoms with Gasteiger partial charge in [-0.05, 0) is 61.4 Å². The number of rotatable bonds is 4. The lowest BCUT2D eigenvalue weighted by molar-refractivity contribution is 0.104. The molecule has 1 N–H and O–H groups in total. The van der Waals surface area contributed by atoms with E-state index in [1.165, 1.54) is 17.7 Å². The molecule has 0 aliphatic carbocycles. The number of benzene rings is 2. The van der Waals surface area contributed by atoms with Crippen LogP contribution in [-0.4, -0.2) is 10.9 Å². The van der Waals surface area contributed by atoms with E-state index in [1.807, 2.05) is 18.2 Å². The molecule has 3 nitrogen and oxygen atoms in total. The van der Waals surface area contributed by atoms with Crippen LogP contribution >= 0.6 is 0 Å². The number of hydrogen-bond acceptors (Lipinski definition) is 3. The van der Waals surface area contributed by atoms with Gasteiger partial charge >= 0.3 is 0 Å². The summed E-state index contributed by atoms with van der Waals surface area (Å²) < 4.78 is 5.86. The number of ketones is 1. The van der Waals surface area contributed by atoms with E-state index in [0.717, 1.165) is 17.4 Å². The minimum atomic E-state index is -0.144. The summed E-state index contributed by atoms with van der Waals surface area (Å²) >= 11 is 0. The van der Waals surface area contributed by atoms with Crippen LogP contribution in [0.2, 0.25) is 0 Å². The van der Waals surface area contributed by atoms with E-state index in [0.29, 0.717) is 16.9 Å². The molecule has 1 heterocycles. The standard InChI is InChI=1S/C20H18O3/c1-3-5-18(22)14-9-16(11-17(21)10-14)20-12-15-8-13(4-2)6-7-19(15)23-20/h3,5-12,21H,4H2,1-2H3/b5-3+. The highest BCUT2D eigenvalue weighted by atomic mass is 16.3. The first-order chi connectivity index (χ1) is 11.1. The molecule has 0 amide bonds. The molecule has 0 radical (unpaired) electrons. The number of fused-ring (bicyclic) bond motifs is 1. The Morgan fingerprint density at radius 2 is 2.00 bits per heavy atom. The number of hydrogen-bond donors (Lipinski definition) is 1. The van der Waals surface area contributed by atoms with Crippen LogP contribution in [0.3, 0.4) is 0 Å². The molecule has 0 unspecified atom stereocenters. The predicted molar refractivity (Wildman–Crippen MR) is 91.8 cm³/mol. The van der Waals surface area contributed by atoms with Gasteiger partial charge in [-0.25, -0.2) is 0 Å². The summed E-state index contributed by atoms with van der Waals surface area (Å²) in [6.07, 6.45) is 4.12. The Bertz CT molecular complexity index is 900. The predicted octanol–water partition coefficient (Wildman–Crippen LogP) is 5.13. The lowest BCUT2D eigenvalue weighted by Crippen LogP contribution is -1.94. The van der Waals surface area contributed by atoms with Gasteiger partial charge in [-0.2, -0.15) is 0 Å². The van der Waals surface area contributed by atoms with Crippen molar-refractivity contribution in [2.75, 3.05) is 0 Å². The zero-order valence-electron chi connectivity index (χ0n) is 13.2. The van der Waals surface area contributed by atoms with Crippen molar-refractivity contribution in [1.82, 2.24) is 0 Å². The van der Waals surface area contributed by atoms with Gasteiger partial charge in [0, 0.05) is 16.5 Å². The Morgan fingerprint density at radius 1 is 1.17 bits per heavy atom. The largest absolute Gasteiger partial charge is 0.508 e. The maximum Gasteiger partial charge on any atom is 0.185 e. The quantitative estimate of drug-likeness (QED) is 0.537. The first kappa shape index (κ1) is 15.1. The van der Waals surface area contributed by atoms with Crippen LogP contribution in [0, 0.1) is 0 Å². The van der Waals surface area contributed by atoms with Gasteiger partial charge in [-0.1, -0.05) is 19.1 Å². The summed E-state index contributed by atoms with van der Waals surface area (Å²) in [6.45, 7) is 3.89. The molecule has 1 aromatic heterocycles. The summed E-state index contributed by atoms with van der Waals surface area (Å²) in [5, 5.41) is 10.9. The van der Waals surface area contributed by atoms with Crippen molar-refractivity contribution in [1.29, 1.82) is 0 Å². The first-order valence-corrected chi connectivity index (χ1v) is 7.64. The maximum atomic E-state index is 12.0. The van der Waals surface area contributed by atoms with E-state index in [9.17, 15) is 9.90 Å². The Hall–Kier alpha value is -2.81. The number of furan rings is 1. The van der Waals surface area contributed by atoms with Gasteiger partial charge < -0.3 is 9.52 Å². The number of aryl methyl sites for hydroxylation is 1. The smallest absolute Gasteiger partial charge is 0.185 e. The third kappa shape index (κ3) is 3.04. The fourth-order valence-corrected chi connectivity index (χ4v) is 2.60. The Balaban J connectivity index is 2.09. The first-order valence-electron chi connectivity index (χ1n) is 7.64. The Labute approximate surface area is 134 Å². The molecule has 0 aliphatic rings. The van der Waals surface area contributed by atoms with Gasteiger partial charge in [0.05, 0.1) is 0 Å². The third-order valence-electron chi connectivity index (χ3n) is 3.79. The Kier molecular flexibility index (Phi) is 4.02. The van der Waals surface area contributed by atoms with Gasteiger partial charge in [0.2, 0.25) is 0 Å². The van der Waals surface area contributed by atoms with Gasteiger partial charge in [-0.3, -0.25) is 4.79 Å². The van der Waals surface area contributed by atoms with Crippen molar-refractivity contribution in [3.8, 4) is 17.1 Å². The van der Waals surface area contributed by atoms with Crippen molar-refractivity contribution < 1.29 is 14.3 Å². The highest BCUT2D eigenvalue weighted by Gasteiger charge is 2.11. The van der Waals surface area contributed by atoms with Crippen LogP contribution in [0.25, 0.3) is 22.3 Å². The highest BCUT2D eigenvalue weighted by Crippen LogP contribution is 2.31. The van der Waals surface area contributed by atoms with Crippen LogP contribution in [0.4, 0.5) is 0 Å². The number of carbonyl (C=O) groups excluding carboxylic acids is 1. The molecule has 0 saturated carbocycles. The number of phenols is 1. The van der Waals surface area contributed by atoms with Crippen molar-refractivity contribution in [2.24, 2.45) is 0 Å². The van der Waals surface area contributed by atoms with Crippen molar-refractivity contribution in [3.63, 3.8) is 0 Å². The fraction of sp³-hybridized carbons (Fsp3) is 0.150. The maximum absolute atomic E-state index is 12.0. The molecule has 0 spiro atoms. The summed E-state index contributed by atoms with van der Waals surface area (Å²) in [4.78, 5) is 12.0. The normalized spacial score (nSPS) is 11.4. The summed E-state index contributed by atoms with van der Waals surface area (Å²) in [5.41, 5.74) is 3.16. The number of allylic oxidation sites excluding steroid dienone is 2. The molecular weight excluding hydrogens is 288 g/mol. The van der Waals surface area contributed by atoms with Crippen LogP contribution < -0.4 is 0 Å². The number of phenolic OH excluding ortho intramolecular Hbond substituents is 1. The number of aromatic hydroxyl groups is 1. The lowest BCUT2D eigenvalue weighted by Gasteiger charge is -2.02. The molecule has 0 saturated heterocycles. The molecule has 2 aromatic carbocycles. The lowest BCUT2D eigenvalue weighted by atomic mass is 10.0. The number of carbonyl (C=O) groups is 1. The second-order valence-electron chi connectivity index (χ2n) is 5.47. The minimum absolute atomic E-state index is 0.0463. The van der Waals surface area contributed by atoms with Gasteiger partial charge in [0.1, 0.15) is 17.1 Å². The molecule has 0 aliphatic heterocycles. The van der Waals surface area contributed by atoms with Crippen molar-refractivity contribution >= 4 is 16.8 Å². The minimum Gasteiger partial charge on any atom is -0.508 e. The van der Waals surface area contributed by atoms with Crippen LogP contribution in [-0.2, 0) is 6.42 Å². The van der Waals surface area contributed by atoms with E-state index in [-0.39, 0.29) is 11.5 Å². The average molecular weight is 306 g/mol. The fourth-order valence-electron chi connectivity index (χ4n) is 2.60. The monoisotopic (exact) mass is 306 g/mol. The van der Waals surface area contributed by atoms with E-state index in [2.05, 4.69) is 13.0 Å². The van der Waals surface area contributed by atoms with E-state index in [4.69, 9.17) is 4.42 Å². The molecule has 23 heavy (non-hydrogen) atoms. The summed E-state index contributed by atoms with van der Waals surface area (Å²) in [5.74, 6) is 0.540. The molecule has 0 bridgehead atoms. The topological polar surface area (TPSA) is 50.4 Å². The van der Waals surface area contributed by atoms with Crippen molar-refractivity contribution in [3.05, 3.63) is 65.7 Å². The molecule has 3 aromatic rings. The van der Waals surface area contributed by atoms with Gasteiger partial charge in [0.15, 0.2) is 5.78 Å². The van der Waals surface area contributed by atoms with Gasteiger partial charge in [0.25, 0.3) is 0 Å². The van der Waals surface area contributed by atoms with E-state index >= 15 is 0 Å². The highest BCUT2D eigenvalue weighted by molar-refractivity contribution is 6.05. The molecule has 0 atom stereocenters. The van der Waals surface area contributed by atoms with Crippen molar-refractivity contribution in [2.45, 2.75) is 20.3 Å². The van der Waals surface area contributed by atoms with Gasteiger partial charge in [-0.15, -0.1) is 0 Å². The Morgan fingerprint density at radius 3 is 2.74 bits per heavy atom. The van der Waals surface area contributed by atoms with E-state index in [1.54, 1.807) is 25.1 Å². The molecule has 0 fully saturated rings.